The molecule has 8 N–H and O–H groups in total. The topological polar surface area (TPSA) is 187 Å². The second-order valence-corrected chi connectivity index (χ2v) is 13.5. The quantitative estimate of drug-likeness (QED) is 0.0837. The fourth-order valence-corrected chi connectivity index (χ4v) is 6.69. The van der Waals surface area contributed by atoms with Crippen LogP contribution < -0.4 is 31.6 Å². The molecule has 268 valence electrons. The summed E-state index contributed by atoms with van der Waals surface area (Å²) in [6.45, 7) is 0.465. The van der Waals surface area contributed by atoms with Gasteiger partial charge in [-0.15, -0.1) is 0 Å². The van der Waals surface area contributed by atoms with Crippen molar-refractivity contribution in [2.45, 2.75) is 76.3 Å². The van der Waals surface area contributed by atoms with Gasteiger partial charge in [0, 0.05) is 35.3 Å². The Labute approximate surface area is 303 Å². The first kappa shape index (κ1) is 37.2. The molecule has 0 amide bonds. The number of ether oxygens (including phenoxy) is 2. The lowest BCUT2D eigenvalue weighted by atomic mass is 9.82. The van der Waals surface area contributed by atoms with Crippen molar-refractivity contribution in [2.24, 2.45) is 11.8 Å². The van der Waals surface area contributed by atoms with Crippen molar-refractivity contribution < 1.29 is 19.7 Å². The van der Waals surface area contributed by atoms with Crippen LogP contribution in [0.5, 0.6) is 23.0 Å². The van der Waals surface area contributed by atoms with Crippen LogP contribution in [0.15, 0.2) is 60.9 Å². The molecular weight excluding hydrogens is 679 g/mol. The number of aliphatic hydroxyl groups is 2. The van der Waals surface area contributed by atoms with Gasteiger partial charge in [-0.2, -0.15) is 9.97 Å². The van der Waals surface area contributed by atoms with Gasteiger partial charge >= 0.3 is 0 Å². The number of aromatic nitrogens is 4. The van der Waals surface area contributed by atoms with Crippen LogP contribution in [-0.2, 0) is 0 Å². The lowest BCUT2D eigenvalue weighted by Gasteiger charge is -2.32. The number of halogens is 2. The Kier molecular flexibility index (Phi) is 13.9. The molecule has 0 unspecified atom stereocenters. The Balaban J connectivity index is 0.000000194. The highest BCUT2D eigenvalue weighted by Crippen LogP contribution is 2.35. The average Bonchev–Trinajstić information content (AvgIpc) is 3.11. The Morgan fingerprint density at radius 2 is 1.16 bits per heavy atom. The molecule has 2 aromatic heterocycles. The van der Waals surface area contributed by atoms with Crippen LogP contribution in [0.4, 0.5) is 23.5 Å². The van der Waals surface area contributed by atoms with E-state index < -0.39 is 0 Å². The Morgan fingerprint density at radius 1 is 0.660 bits per heavy atom. The summed E-state index contributed by atoms with van der Waals surface area (Å²) in [5, 5.41) is 26.6. The second kappa shape index (κ2) is 18.8. The molecule has 0 spiro atoms. The molecule has 50 heavy (non-hydrogen) atoms. The fraction of sp³-hybridized carbons (Fsp3) is 0.444. The van der Waals surface area contributed by atoms with Crippen LogP contribution >= 0.6 is 23.2 Å². The number of benzene rings is 2. The monoisotopic (exact) mass is 724 g/mol. The summed E-state index contributed by atoms with van der Waals surface area (Å²) in [7, 11) is 0. The molecule has 2 aromatic carbocycles. The van der Waals surface area contributed by atoms with Gasteiger partial charge in [-0.05, 0) is 112 Å². The lowest BCUT2D eigenvalue weighted by Crippen LogP contribution is -2.33. The van der Waals surface area contributed by atoms with Crippen LogP contribution in [0.1, 0.15) is 64.2 Å². The normalized spacial score (nSPS) is 20.2. The predicted octanol–water partition coefficient (Wildman–Crippen LogP) is 7.72. The lowest BCUT2D eigenvalue weighted by molar-refractivity contribution is 0.219. The maximum absolute atomic E-state index is 9.31. The van der Waals surface area contributed by atoms with Crippen LogP contribution in [0, 0.1) is 11.8 Å². The molecule has 2 aliphatic rings. The SMILES string of the molecule is Nc1ncc(Oc2ccc(Cl)cc2)c(N[C@@H]2CCCC[C@H]2CCO)n1.Nc1ncc(Oc2ccc(Cl)cc2)c(N[C@H]2CC[C@@H](CCO)CC2)n1. The maximum atomic E-state index is 9.31. The third-order valence-electron chi connectivity index (χ3n) is 9.09. The molecule has 0 bridgehead atoms. The number of hydrogen-bond donors (Lipinski definition) is 6. The molecule has 2 aliphatic carbocycles. The van der Waals surface area contributed by atoms with E-state index in [1.54, 1.807) is 60.9 Å². The van der Waals surface area contributed by atoms with Gasteiger partial charge in [0.1, 0.15) is 11.5 Å². The number of rotatable bonds is 12. The molecule has 2 heterocycles. The maximum Gasteiger partial charge on any atom is 0.222 e. The van der Waals surface area contributed by atoms with Crippen LogP contribution in [0.3, 0.4) is 0 Å². The predicted molar refractivity (Wildman–Crippen MR) is 198 cm³/mol. The highest BCUT2D eigenvalue weighted by Gasteiger charge is 2.26. The zero-order valence-corrected chi connectivity index (χ0v) is 29.5. The second-order valence-electron chi connectivity index (χ2n) is 12.7. The third-order valence-corrected chi connectivity index (χ3v) is 9.59. The molecule has 2 fully saturated rings. The Morgan fingerprint density at radius 3 is 1.68 bits per heavy atom. The smallest absolute Gasteiger partial charge is 0.222 e. The van der Waals surface area contributed by atoms with Crippen LogP contribution in [0.2, 0.25) is 10.0 Å². The summed E-state index contributed by atoms with van der Waals surface area (Å²) >= 11 is 11.8. The van der Waals surface area contributed by atoms with E-state index in [0.717, 1.165) is 57.8 Å². The molecule has 0 aliphatic heterocycles. The van der Waals surface area contributed by atoms with Crippen molar-refractivity contribution in [3.8, 4) is 23.0 Å². The number of nitrogens with two attached hydrogens (primary N) is 2. The van der Waals surface area contributed by atoms with Crippen molar-refractivity contribution in [2.75, 3.05) is 35.3 Å². The summed E-state index contributed by atoms with van der Waals surface area (Å²) < 4.78 is 11.8. The van der Waals surface area contributed by atoms with Crippen molar-refractivity contribution in [1.29, 1.82) is 0 Å². The molecule has 6 rings (SSSR count). The van der Waals surface area contributed by atoms with Crippen molar-refractivity contribution in [3.05, 3.63) is 71.0 Å². The highest BCUT2D eigenvalue weighted by molar-refractivity contribution is 6.30. The summed E-state index contributed by atoms with van der Waals surface area (Å²) in [6, 6.07) is 14.8. The largest absolute Gasteiger partial charge is 0.452 e. The van der Waals surface area contributed by atoms with E-state index in [0.29, 0.717) is 62.6 Å². The minimum absolute atomic E-state index is 0.195. The fourth-order valence-electron chi connectivity index (χ4n) is 6.44. The van der Waals surface area contributed by atoms with Gasteiger partial charge in [-0.25, -0.2) is 9.97 Å². The molecular formula is C36H46Cl2N8O4. The third kappa shape index (κ3) is 11.2. The van der Waals surface area contributed by atoms with E-state index >= 15 is 0 Å². The first-order valence-electron chi connectivity index (χ1n) is 17.2. The van der Waals surface area contributed by atoms with Gasteiger partial charge in [-0.3, -0.25) is 0 Å². The first-order valence-corrected chi connectivity index (χ1v) is 17.9. The number of nitrogens with one attached hydrogen (secondary N) is 2. The number of hydrogen-bond acceptors (Lipinski definition) is 12. The minimum atomic E-state index is 0.195. The highest BCUT2D eigenvalue weighted by atomic mass is 35.5. The van der Waals surface area contributed by atoms with Crippen molar-refractivity contribution >= 4 is 46.7 Å². The zero-order chi connectivity index (χ0) is 35.3. The molecule has 2 saturated carbocycles. The summed E-state index contributed by atoms with van der Waals surface area (Å²) in [6.07, 6.45) is 13.6. The number of nitrogen functional groups attached to an aromatic ring is 2. The average molecular weight is 726 g/mol. The minimum Gasteiger partial charge on any atom is -0.452 e. The van der Waals surface area contributed by atoms with Gasteiger partial charge in [0.15, 0.2) is 23.1 Å². The number of nitrogens with zero attached hydrogens (tertiary/aromatic N) is 4. The van der Waals surface area contributed by atoms with E-state index in [1.165, 1.54) is 6.42 Å². The van der Waals surface area contributed by atoms with Crippen molar-refractivity contribution in [3.63, 3.8) is 0 Å². The zero-order valence-electron chi connectivity index (χ0n) is 28.0. The summed E-state index contributed by atoms with van der Waals surface area (Å²) in [4.78, 5) is 16.7. The van der Waals surface area contributed by atoms with Crippen molar-refractivity contribution in [1.82, 2.24) is 19.9 Å². The standard InChI is InChI=1S/2C18H23ClN4O2/c19-13-3-7-15(8-4-13)25-16-11-21-18(20)23-17(16)22-14-5-1-12(2-6-14)9-10-24;19-13-5-7-14(8-6-13)25-16-11-21-18(20)23-17(16)22-15-4-2-1-3-12(15)9-10-24/h3-4,7-8,11-12,14,24H,1-2,5-6,9-10H2,(H3,20,21,22,23);5-8,11-12,15,24H,1-4,9-10H2,(H3,20,21,22,23)/t12-,14+;12-,15+/m.0/s1. The molecule has 4 aromatic rings. The Bertz CT molecular complexity index is 1620. The summed E-state index contributed by atoms with van der Waals surface area (Å²) in [5.41, 5.74) is 11.5. The van der Waals surface area contributed by atoms with E-state index in [-0.39, 0.29) is 31.2 Å². The summed E-state index contributed by atoms with van der Waals surface area (Å²) in [5.74, 6) is 4.98. The van der Waals surface area contributed by atoms with Gasteiger partial charge in [0.25, 0.3) is 0 Å². The molecule has 0 radical (unpaired) electrons. The number of aliphatic hydroxyl groups excluding tert-OH is 2. The molecule has 0 saturated heterocycles. The van der Waals surface area contributed by atoms with Gasteiger partial charge in [-0.1, -0.05) is 36.0 Å². The number of anilines is 4. The van der Waals surface area contributed by atoms with Gasteiger partial charge in [0.05, 0.1) is 12.4 Å². The van der Waals surface area contributed by atoms with Gasteiger partial charge < -0.3 is 41.8 Å². The van der Waals surface area contributed by atoms with Crippen LogP contribution in [0.25, 0.3) is 0 Å². The van der Waals surface area contributed by atoms with E-state index in [9.17, 15) is 5.11 Å². The van der Waals surface area contributed by atoms with E-state index in [4.69, 9.17) is 49.2 Å². The molecule has 14 heteroatoms. The Hall–Kier alpha value is -4.10. The first-order chi connectivity index (χ1) is 24.3. The molecule has 12 nitrogen and oxygen atoms in total. The van der Waals surface area contributed by atoms with E-state index in [1.807, 2.05) is 0 Å². The molecule has 2 atom stereocenters. The van der Waals surface area contributed by atoms with E-state index in [2.05, 4.69) is 30.6 Å². The van der Waals surface area contributed by atoms with Crippen LogP contribution in [-0.4, -0.2) is 55.4 Å². The van der Waals surface area contributed by atoms with Gasteiger partial charge in [0.2, 0.25) is 11.9 Å².